The zero-order chi connectivity index (χ0) is 12.5. The summed E-state index contributed by atoms with van der Waals surface area (Å²) in [6.45, 7) is 0. The van der Waals surface area contributed by atoms with Gasteiger partial charge in [-0.2, -0.15) is 0 Å². The maximum Gasteiger partial charge on any atom is 0.334 e. The zero-order valence-electron chi connectivity index (χ0n) is 9.33. The third-order valence-electron chi connectivity index (χ3n) is 2.68. The van der Waals surface area contributed by atoms with E-state index in [4.69, 9.17) is 0 Å². The van der Waals surface area contributed by atoms with Crippen molar-refractivity contribution in [3.8, 4) is 5.82 Å². The van der Waals surface area contributed by atoms with Crippen LogP contribution >= 0.6 is 0 Å². The Morgan fingerprint density at radius 1 is 1.00 bits per heavy atom. The van der Waals surface area contributed by atoms with E-state index in [2.05, 4.69) is 9.97 Å². The third kappa shape index (κ3) is 1.53. The molecule has 5 heteroatoms. The first kappa shape index (κ1) is 10.5. The minimum absolute atomic E-state index is 0.314. The molecular weight excluding hydrogens is 230 g/mol. The molecule has 18 heavy (non-hydrogen) atoms. The van der Waals surface area contributed by atoms with Gasteiger partial charge in [0.05, 0.1) is 10.9 Å². The van der Waals surface area contributed by atoms with Crippen LogP contribution in [0, 0.1) is 0 Å². The Balaban J connectivity index is 2.45. The highest BCUT2D eigenvalue weighted by atomic mass is 16.2. The fourth-order valence-electron chi connectivity index (χ4n) is 1.86. The largest absolute Gasteiger partial charge is 0.334 e. The summed E-state index contributed by atoms with van der Waals surface area (Å²) in [5, 5.41) is 0.461. The first-order chi connectivity index (χ1) is 8.77. The van der Waals surface area contributed by atoms with Crippen molar-refractivity contribution in [2.24, 2.45) is 0 Å². The molecule has 0 aliphatic carbocycles. The summed E-state index contributed by atoms with van der Waals surface area (Å²) in [6, 6.07) is 12.0. The van der Waals surface area contributed by atoms with E-state index in [9.17, 15) is 9.59 Å². The van der Waals surface area contributed by atoms with Gasteiger partial charge in [-0.3, -0.25) is 4.79 Å². The average molecular weight is 239 g/mol. The van der Waals surface area contributed by atoms with Crippen LogP contribution in [0.15, 0.2) is 58.3 Å². The van der Waals surface area contributed by atoms with Crippen LogP contribution < -0.4 is 11.2 Å². The van der Waals surface area contributed by atoms with E-state index in [-0.39, 0.29) is 5.56 Å². The number of benzene rings is 1. The van der Waals surface area contributed by atoms with Gasteiger partial charge in [-0.15, -0.1) is 0 Å². The summed E-state index contributed by atoms with van der Waals surface area (Å²) in [7, 11) is 0. The number of para-hydroxylation sites is 1. The van der Waals surface area contributed by atoms with Crippen molar-refractivity contribution in [3.05, 3.63) is 69.5 Å². The molecule has 0 unspecified atom stereocenters. The number of aromatic amines is 1. The number of fused-ring (bicyclic) bond motifs is 1. The van der Waals surface area contributed by atoms with Gasteiger partial charge in [0.1, 0.15) is 5.82 Å². The van der Waals surface area contributed by atoms with E-state index in [1.54, 1.807) is 42.5 Å². The maximum atomic E-state index is 12.3. The van der Waals surface area contributed by atoms with Crippen molar-refractivity contribution < 1.29 is 0 Å². The molecule has 0 amide bonds. The second kappa shape index (κ2) is 3.96. The summed E-state index contributed by atoms with van der Waals surface area (Å²) in [4.78, 5) is 30.9. The highest BCUT2D eigenvalue weighted by molar-refractivity contribution is 5.77. The first-order valence-corrected chi connectivity index (χ1v) is 5.43. The smallest absolute Gasteiger partial charge is 0.306 e. The number of nitrogens with zero attached hydrogens (tertiary/aromatic N) is 2. The van der Waals surface area contributed by atoms with Crippen molar-refractivity contribution in [2.45, 2.75) is 0 Å². The van der Waals surface area contributed by atoms with Crippen molar-refractivity contribution >= 4 is 10.9 Å². The van der Waals surface area contributed by atoms with E-state index in [0.29, 0.717) is 16.7 Å². The molecule has 2 heterocycles. The van der Waals surface area contributed by atoms with E-state index < -0.39 is 5.69 Å². The Morgan fingerprint density at radius 3 is 2.56 bits per heavy atom. The highest BCUT2D eigenvalue weighted by Crippen LogP contribution is 2.04. The Kier molecular flexibility index (Phi) is 2.30. The molecule has 0 atom stereocenters. The predicted octanol–water partition coefficient (Wildman–Crippen LogP) is 1.07. The number of nitrogens with one attached hydrogen (secondary N) is 1. The SMILES string of the molecule is O=c1[nH]c2ccccc2c(=O)n1-c1ccccn1. The van der Waals surface area contributed by atoms with Gasteiger partial charge in [-0.1, -0.05) is 18.2 Å². The molecule has 88 valence electrons. The van der Waals surface area contributed by atoms with Crippen LogP contribution in [0.5, 0.6) is 0 Å². The summed E-state index contributed by atoms with van der Waals surface area (Å²) in [6.07, 6.45) is 1.54. The molecule has 0 aliphatic heterocycles. The lowest BCUT2D eigenvalue weighted by Gasteiger charge is -2.04. The van der Waals surface area contributed by atoms with Gasteiger partial charge in [-0.25, -0.2) is 14.3 Å². The van der Waals surface area contributed by atoms with Crippen molar-refractivity contribution in [1.82, 2.24) is 14.5 Å². The molecule has 0 saturated heterocycles. The Hall–Kier alpha value is -2.69. The van der Waals surface area contributed by atoms with Crippen molar-refractivity contribution in [3.63, 3.8) is 0 Å². The third-order valence-corrected chi connectivity index (χ3v) is 2.68. The maximum absolute atomic E-state index is 12.3. The number of hydrogen-bond donors (Lipinski definition) is 1. The number of hydrogen-bond acceptors (Lipinski definition) is 3. The normalized spacial score (nSPS) is 10.7. The van der Waals surface area contributed by atoms with E-state index >= 15 is 0 Å². The molecule has 5 nitrogen and oxygen atoms in total. The minimum Gasteiger partial charge on any atom is -0.306 e. The Labute approximate surface area is 101 Å². The van der Waals surface area contributed by atoms with Crippen LogP contribution in [0.25, 0.3) is 16.7 Å². The van der Waals surface area contributed by atoms with Gasteiger partial charge >= 0.3 is 5.69 Å². The summed E-state index contributed by atoms with van der Waals surface area (Å²) in [5.41, 5.74) is -0.329. The van der Waals surface area contributed by atoms with Crippen LogP contribution in [0.4, 0.5) is 0 Å². The molecule has 0 fully saturated rings. The van der Waals surface area contributed by atoms with Gasteiger partial charge in [0, 0.05) is 6.20 Å². The van der Waals surface area contributed by atoms with Gasteiger partial charge in [0.2, 0.25) is 0 Å². The van der Waals surface area contributed by atoms with Crippen LogP contribution in [-0.4, -0.2) is 14.5 Å². The first-order valence-electron chi connectivity index (χ1n) is 5.43. The number of H-pyrrole nitrogens is 1. The molecule has 1 aromatic carbocycles. The van der Waals surface area contributed by atoms with Crippen LogP contribution in [-0.2, 0) is 0 Å². The lowest BCUT2D eigenvalue weighted by Crippen LogP contribution is -2.34. The zero-order valence-corrected chi connectivity index (χ0v) is 9.33. The fourth-order valence-corrected chi connectivity index (χ4v) is 1.86. The minimum atomic E-state index is -0.489. The van der Waals surface area contributed by atoms with Gasteiger partial charge < -0.3 is 4.98 Å². The Bertz CT molecular complexity index is 819. The molecule has 0 saturated carbocycles. The summed E-state index contributed by atoms with van der Waals surface area (Å²) >= 11 is 0. The number of aromatic nitrogens is 3. The summed E-state index contributed by atoms with van der Waals surface area (Å²) < 4.78 is 1.03. The average Bonchev–Trinajstić information content (AvgIpc) is 2.40. The van der Waals surface area contributed by atoms with Crippen LogP contribution in [0.1, 0.15) is 0 Å². The molecule has 0 radical (unpaired) electrons. The van der Waals surface area contributed by atoms with Gasteiger partial charge in [0.15, 0.2) is 0 Å². The molecule has 0 spiro atoms. The molecule has 0 aliphatic rings. The second-order valence-corrected chi connectivity index (χ2v) is 3.80. The molecule has 2 aromatic heterocycles. The number of rotatable bonds is 1. The lowest BCUT2D eigenvalue weighted by molar-refractivity contribution is 0.868. The second-order valence-electron chi connectivity index (χ2n) is 3.80. The Morgan fingerprint density at radius 2 is 1.78 bits per heavy atom. The quantitative estimate of drug-likeness (QED) is 0.690. The van der Waals surface area contributed by atoms with Gasteiger partial charge in [0.25, 0.3) is 5.56 Å². The molecule has 3 aromatic rings. The molecule has 0 bridgehead atoms. The van der Waals surface area contributed by atoms with E-state index in [0.717, 1.165) is 4.57 Å². The van der Waals surface area contributed by atoms with Crippen LogP contribution in [0.2, 0.25) is 0 Å². The predicted molar refractivity (Wildman–Crippen MR) is 68.0 cm³/mol. The van der Waals surface area contributed by atoms with Gasteiger partial charge in [-0.05, 0) is 24.3 Å². The summed E-state index contributed by atoms with van der Waals surface area (Å²) in [5.74, 6) is 0.314. The van der Waals surface area contributed by atoms with E-state index in [1.165, 1.54) is 6.20 Å². The van der Waals surface area contributed by atoms with Crippen LogP contribution in [0.3, 0.4) is 0 Å². The monoisotopic (exact) mass is 239 g/mol. The molecule has 3 rings (SSSR count). The topological polar surface area (TPSA) is 67.8 Å². The lowest BCUT2D eigenvalue weighted by atomic mass is 10.2. The van der Waals surface area contributed by atoms with Crippen molar-refractivity contribution in [1.29, 1.82) is 0 Å². The molecule has 1 N–H and O–H groups in total. The standard InChI is InChI=1S/C13H9N3O2/c17-12-9-5-1-2-6-10(9)15-13(18)16(12)11-7-3-4-8-14-11/h1-8H,(H,15,18). The number of pyridine rings is 1. The highest BCUT2D eigenvalue weighted by Gasteiger charge is 2.08. The molecular formula is C13H9N3O2. The van der Waals surface area contributed by atoms with Crippen molar-refractivity contribution in [2.75, 3.05) is 0 Å². The fraction of sp³-hybridized carbons (Fsp3) is 0. The van der Waals surface area contributed by atoms with E-state index in [1.807, 2.05) is 0 Å².